The summed E-state index contributed by atoms with van der Waals surface area (Å²) >= 11 is 0. The van der Waals surface area contributed by atoms with Crippen molar-refractivity contribution >= 4 is 10.1 Å². The molecular weight excluding hydrogens is 248 g/mol. The molecule has 0 amide bonds. The molecule has 0 unspecified atom stereocenters. The summed E-state index contributed by atoms with van der Waals surface area (Å²) in [7, 11) is -3.58. The van der Waals surface area contributed by atoms with Gasteiger partial charge in [-0.3, -0.25) is 4.18 Å². The SMILES string of the molecule is CC[C@H](C)CCCOS(=O)(=O)c1ccc(C)cc1. The van der Waals surface area contributed by atoms with Crippen molar-refractivity contribution in [1.82, 2.24) is 0 Å². The van der Waals surface area contributed by atoms with E-state index in [1.165, 1.54) is 0 Å². The third kappa shape index (κ3) is 4.78. The third-order valence-electron chi connectivity index (χ3n) is 3.09. The molecule has 0 spiro atoms. The summed E-state index contributed by atoms with van der Waals surface area (Å²) in [6.07, 6.45) is 2.89. The zero-order valence-electron chi connectivity index (χ0n) is 11.3. The van der Waals surface area contributed by atoms with Crippen LogP contribution in [0.2, 0.25) is 0 Å². The number of rotatable bonds is 7. The summed E-state index contributed by atoms with van der Waals surface area (Å²) < 4.78 is 28.7. The minimum Gasteiger partial charge on any atom is -0.266 e. The van der Waals surface area contributed by atoms with E-state index in [0.717, 1.165) is 24.8 Å². The van der Waals surface area contributed by atoms with Gasteiger partial charge in [-0.25, -0.2) is 0 Å². The molecule has 0 aromatic heterocycles. The van der Waals surface area contributed by atoms with Crippen LogP contribution < -0.4 is 0 Å². The average Bonchev–Trinajstić information content (AvgIpc) is 2.35. The van der Waals surface area contributed by atoms with Crippen LogP contribution in [-0.2, 0) is 14.3 Å². The minimum atomic E-state index is -3.58. The Labute approximate surface area is 110 Å². The summed E-state index contributed by atoms with van der Waals surface area (Å²) in [5, 5.41) is 0. The van der Waals surface area contributed by atoms with Crippen molar-refractivity contribution in [2.45, 2.75) is 44.9 Å². The van der Waals surface area contributed by atoms with Crippen LogP contribution in [0.1, 0.15) is 38.7 Å². The predicted molar refractivity (Wildman–Crippen MR) is 73.0 cm³/mol. The van der Waals surface area contributed by atoms with E-state index in [9.17, 15) is 8.42 Å². The van der Waals surface area contributed by atoms with E-state index in [4.69, 9.17) is 4.18 Å². The van der Waals surface area contributed by atoms with Gasteiger partial charge >= 0.3 is 0 Å². The molecule has 3 nitrogen and oxygen atoms in total. The van der Waals surface area contributed by atoms with Crippen LogP contribution in [0.3, 0.4) is 0 Å². The van der Waals surface area contributed by atoms with Gasteiger partial charge in [0.15, 0.2) is 0 Å². The summed E-state index contributed by atoms with van der Waals surface area (Å²) in [4.78, 5) is 0.233. The van der Waals surface area contributed by atoms with Gasteiger partial charge in [0, 0.05) is 0 Å². The Balaban J connectivity index is 2.48. The van der Waals surface area contributed by atoms with Crippen molar-refractivity contribution in [3.05, 3.63) is 29.8 Å². The highest BCUT2D eigenvalue weighted by Gasteiger charge is 2.14. The molecule has 0 fully saturated rings. The monoisotopic (exact) mass is 270 g/mol. The molecular formula is C14H22O3S. The topological polar surface area (TPSA) is 43.4 Å². The Morgan fingerprint density at radius 1 is 1.22 bits per heavy atom. The Kier molecular flexibility index (Phi) is 5.82. The first-order valence-electron chi connectivity index (χ1n) is 6.42. The van der Waals surface area contributed by atoms with Crippen LogP contribution in [0.25, 0.3) is 0 Å². The zero-order chi connectivity index (χ0) is 13.6. The lowest BCUT2D eigenvalue weighted by molar-refractivity contribution is 0.296. The van der Waals surface area contributed by atoms with Gasteiger partial charge < -0.3 is 0 Å². The van der Waals surface area contributed by atoms with Crippen molar-refractivity contribution in [2.75, 3.05) is 6.61 Å². The second-order valence-corrected chi connectivity index (χ2v) is 6.36. The molecule has 0 saturated heterocycles. The highest BCUT2D eigenvalue weighted by molar-refractivity contribution is 7.86. The van der Waals surface area contributed by atoms with Gasteiger partial charge in [-0.05, 0) is 37.8 Å². The first kappa shape index (κ1) is 15.2. The van der Waals surface area contributed by atoms with E-state index in [-0.39, 0.29) is 11.5 Å². The van der Waals surface area contributed by atoms with Crippen molar-refractivity contribution < 1.29 is 12.6 Å². The van der Waals surface area contributed by atoms with Crippen molar-refractivity contribution in [2.24, 2.45) is 5.92 Å². The smallest absolute Gasteiger partial charge is 0.266 e. The maximum absolute atomic E-state index is 11.8. The lowest BCUT2D eigenvalue weighted by Gasteiger charge is -2.09. The number of hydrogen-bond acceptors (Lipinski definition) is 3. The fraction of sp³-hybridized carbons (Fsp3) is 0.571. The first-order chi connectivity index (χ1) is 8.45. The normalized spacial score (nSPS) is 13.5. The van der Waals surface area contributed by atoms with Crippen LogP contribution in [-0.4, -0.2) is 15.0 Å². The van der Waals surface area contributed by atoms with Gasteiger partial charge in [-0.2, -0.15) is 8.42 Å². The van der Waals surface area contributed by atoms with Gasteiger partial charge in [0.05, 0.1) is 11.5 Å². The van der Waals surface area contributed by atoms with Gasteiger partial charge in [0.1, 0.15) is 0 Å². The van der Waals surface area contributed by atoms with Gasteiger partial charge in [0.25, 0.3) is 10.1 Å². The average molecular weight is 270 g/mol. The maximum atomic E-state index is 11.8. The Bertz CT molecular complexity index is 448. The van der Waals surface area contributed by atoms with E-state index in [0.29, 0.717) is 5.92 Å². The Morgan fingerprint density at radius 3 is 2.39 bits per heavy atom. The van der Waals surface area contributed by atoms with Crippen molar-refractivity contribution in [3.63, 3.8) is 0 Å². The van der Waals surface area contributed by atoms with Gasteiger partial charge in [-0.15, -0.1) is 0 Å². The molecule has 1 rings (SSSR count). The Hall–Kier alpha value is -0.870. The quantitative estimate of drug-likeness (QED) is 0.562. The van der Waals surface area contributed by atoms with E-state index < -0.39 is 10.1 Å². The number of aryl methyl sites for hydroxylation is 1. The van der Waals surface area contributed by atoms with Gasteiger partial charge in [0.2, 0.25) is 0 Å². The summed E-state index contributed by atoms with van der Waals surface area (Å²) in [6.45, 7) is 6.48. The Morgan fingerprint density at radius 2 is 1.83 bits per heavy atom. The molecule has 0 saturated carbocycles. The summed E-state index contributed by atoms with van der Waals surface area (Å²) in [5.74, 6) is 0.621. The van der Waals surface area contributed by atoms with Crippen LogP contribution in [0.4, 0.5) is 0 Å². The molecule has 18 heavy (non-hydrogen) atoms. The minimum absolute atomic E-state index is 0.233. The number of hydrogen-bond donors (Lipinski definition) is 0. The van der Waals surface area contributed by atoms with E-state index >= 15 is 0 Å². The fourth-order valence-electron chi connectivity index (χ4n) is 1.58. The lowest BCUT2D eigenvalue weighted by Crippen LogP contribution is -2.08. The molecule has 1 atom stereocenters. The second-order valence-electron chi connectivity index (χ2n) is 4.74. The first-order valence-corrected chi connectivity index (χ1v) is 7.82. The fourth-order valence-corrected chi connectivity index (χ4v) is 2.52. The molecule has 1 aromatic carbocycles. The highest BCUT2D eigenvalue weighted by atomic mass is 32.2. The van der Waals surface area contributed by atoms with Gasteiger partial charge in [-0.1, -0.05) is 38.0 Å². The van der Waals surface area contributed by atoms with E-state index in [1.54, 1.807) is 24.3 Å². The zero-order valence-corrected chi connectivity index (χ0v) is 12.2. The van der Waals surface area contributed by atoms with Crippen molar-refractivity contribution in [3.8, 4) is 0 Å². The molecule has 102 valence electrons. The second kappa shape index (κ2) is 6.90. The molecule has 0 radical (unpaired) electrons. The summed E-state index contributed by atoms with van der Waals surface area (Å²) in [6, 6.07) is 6.71. The van der Waals surface area contributed by atoms with Crippen LogP contribution in [0.15, 0.2) is 29.2 Å². The maximum Gasteiger partial charge on any atom is 0.296 e. The van der Waals surface area contributed by atoms with Crippen LogP contribution >= 0.6 is 0 Å². The number of benzene rings is 1. The molecule has 4 heteroatoms. The van der Waals surface area contributed by atoms with Crippen LogP contribution in [0.5, 0.6) is 0 Å². The summed E-state index contributed by atoms with van der Waals surface area (Å²) in [5.41, 5.74) is 1.03. The molecule has 0 N–H and O–H groups in total. The highest BCUT2D eigenvalue weighted by Crippen LogP contribution is 2.15. The molecule has 0 aliphatic rings. The molecule has 0 aliphatic carbocycles. The molecule has 0 aliphatic heterocycles. The molecule has 1 aromatic rings. The van der Waals surface area contributed by atoms with E-state index in [1.807, 2.05) is 6.92 Å². The molecule has 0 heterocycles. The molecule has 0 bridgehead atoms. The predicted octanol–water partition coefficient (Wildman–Crippen LogP) is 3.53. The largest absolute Gasteiger partial charge is 0.296 e. The van der Waals surface area contributed by atoms with E-state index in [2.05, 4.69) is 13.8 Å². The van der Waals surface area contributed by atoms with Crippen molar-refractivity contribution in [1.29, 1.82) is 0 Å². The third-order valence-corrected chi connectivity index (χ3v) is 4.41. The standard InChI is InChI=1S/C14H22O3S/c1-4-12(2)6-5-11-17-18(15,16)14-9-7-13(3)8-10-14/h7-10,12H,4-6,11H2,1-3H3/t12-/m0/s1. The lowest BCUT2D eigenvalue weighted by atomic mass is 10.0. The van der Waals surface area contributed by atoms with Crippen LogP contribution in [0, 0.1) is 12.8 Å².